The van der Waals surface area contributed by atoms with Crippen molar-refractivity contribution in [2.24, 2.45) is 0 Å². The van der Waals surface area contributed by atoms with Crippen molar-refractivity contribution in [1.29, 1.82) is 0 Å². The molecule has 0 bridgehead atoms. The predicted octanol–water partition coefficient (Wildman–Crippen LogP) is 4.72. The van der Waals surface area contributed by atoms with Gasteiger partial charge in [0, 0.05) is 11.1 Å². The van der Waals surface area contributed by atoms with Crippen LogP contribution < -0.4 is 10.6 Å². The Bertz CT molecular complexity index is 587. The molecule has 0 aromatic heterocycles. The van der Waals surface area contributed by atoms with Crippen molar-refractivity contribution < 1.29 is 4.58 Å². The van der Waals surface area contributed by atoms with Crippen molar-refractivity contribution in [3.05, 3.63) is 59.7 Å². The van der Waals surface area contributed by atoms with Gasteiger partial charge in [0.15, 0.2) is 6.21 Å². The van der Waals surface area contributed by atoms with E-state index in [1.165, 1.54) is 30.4 Å². The number of likely N-dealkylation sites (N-methyl/N-ethyl adjacent to an activating group) is 1. The van der Waals surface area contributed by atoms with Crippen LogP contribution in [0.1, 0.15) is 57.6 Å². The minimum absolute atomic E-state index is 0.283. The molecule has 2 unspecified atom stereocenters. The first kappa shape index (κ1) is 23.3. The van der Waals surface area contributed by atoms with Gasteiger partial charge in [-0.2, -0.15) is 0 Å². The molecule has 0 saturated heterocycles. The summed E-state index contributed by atoms with van der Waals surface area (Å²) in [6, 6.07) is 11.5. The van der Waals surface area contributed by atoms with E-state index in [-0.39, 0.29) is 6.04 Å². The molecule has 1 aromatic carbocycles. The van der Waals surface area contributed by atoms with E-state index >= 15 is 0 Å². The van der Waals surface area contributed by atoms with E-state index in [1.54, 1.807) is 0 Å². The average molecular weight is 371 g/mol. The third-order valence-electron chi connectivity index (χ3n) is 4.84. The van der Waals surface area contributed by atoms with Gasteiger partial charge in [-0.25, -0.2) is 4.58 Å². The monoisotopic (exact) mass is 370 g/mol. The van der Waals surface area contributed by atoms with Crippen LogP contribution in [0, 0.1) is 0 Å². The molecule has 0 saturated carbocycles. The van der Waals surface area contributed by atoms with Crippen molar-refractivity contribution in [2.75, 3.05) is 27.7 Å². The largest absolute Gasteiger partial charge is 0.320 e. The number of unbranched alkanes of at least 4 members (excludes halogenated alkanes) is 1. The van der Waals surface area contributed by atoms with Gasteiger partial charge in [0.25, 0.3) is 0 Å². The van der Waals surface area contributed by atoms with Gasteiger partial charge in [-0.1, -0.05) is 68.8 Å². The highest BCUT2D eigenvalue weighted by molar-refractivity contribution is 5.59. The predicted molar refractivity (Wildman–Crippen MR) is 120 cm³/mol. The molecule has 0 heterocycles. The fourth-order valence-electron chi connectivity index (χ4n) is 3.46. The normalized spacial score (nSPS) is 16.2. The molecule has 2 N–H and O–H groups in total. The number of nitrogens with one attached hydrogen (secondary N) is 2. The van der Waals surface area contributed by atoms with E-state index in [0.29, 0.717) is 6.04 Å². The minimum Gasteiger partial charge on any atom is -0.320 e. The molecule has 3 heteroatoms. The second-order valence-electron chi connectivity index (χ2n) is 6.81. The van der Waals surface area contributed by atoms with E-state index < -0.39 is 0 Å². The van der Waals surface area contributed by atoms with Gasteiger partial charge in [-0.15, -0.1) is 0 Å². The zero-order chi connectivity index (χ0) is 19.9. The lowest BCUT2D eigenvalue weighted by Gasteiger charge is -2.19. The topological polar surface area (TPSA) is 27.1 Å². The Morgan fingerprint density at radius 1 is 1.07 bits per heavy atom. The summed E-state index contributed by atoms with van der Waals surface area (Å²) in [4.78, 5) is 0. The summed E-state index contributed by atoms with van der Waals surface area (Å²) in [7, 11) is 6.29. The molecule has 27 heavy (non-hydrogen) atoms. The number of hydrogen-bond donors (Lipinski definition) is 2. The van der Waals surface area contributed by atoms with Crippen molar-refractivity contribution in [3.63, 3.8) is 0 Å². The summed E-state index contributed by atoms with van der Waals surface area (Å²) in [5, 5.41) is 6.69. The Balaban J connectivity index is 0.00000176. The van der Waals surface area contributed by atoms with Crippen LogP contribution in [0.15, 0.2) is 54.1 Å². The molecule has 0 aliphatic heterocycles. The van der Waals surface area contributed by atoms with Crippen molar-refractivity contribution in [1.82, 2.24) is 10.6 Å². The maximum Gasteiger partial charge on any atom is 0.202 e. The smallest absolute Gasteiger partial charge is 0.202 e. The van der Waals surface area contributed by atoms with Gasteiger partial charge in [-0.05, 0) is 46.3 Å². The van der Waals surface area contributed by atoms with E-state index in [4.69, 9.17) is 0 Å². The van der Waals surface area contributed by atoms with E-state index in [0.717, 1.165) is 19.4 Å². The van der Waals surface area contributed by atoms with E-state index in [1.807, 2.05) is 20.9 Å². The lowest BCUT2D eigenvalue weighted by molar-refractivity contribution is -0.531. The van der Waals surface area contributed by atoms with Crippen molar-refractivity contribution in [3.8, 4) is 0 Å². The Hall–Kier alpha value is -1.71. The quantitative estimate of drug-likeness (QED) is 0.354. The second kappa shape index (κ2) is 14.4. The summed E-state index contributed by atoms with van der Waals surface area (Å²) < 4.78 is 2.38. The fourth-order valence-corrected chi connectivity index (χ4v) is 3.46. The SMILES string of the molecule is CC.CNCCCCC(C=[N+](C)C(C1=CCCC=C1)c1ccccc1)NC. The summed E-state index contributed by atoms with van der Waals surface area (Å²) in [6.07, 6.45) is 15.3. The van der Waals surface area contributed by atoms with Crippen LogP contribution in [0.2, 0.25) is 0 Å². The van der Waals surface area contributed by atoms with E-state index in [2.05, 4.69) is 84.1 Å². The van der Waals surface area contributed by atoms with Gasteiger partial charge in [0.1, 0.15) is 7.05 Å². The molecule has 1 aliphatic rings. The average Bonchev–Trinajstić information content (AvgIpc) is 2.73. The first-order valence-electron chi connectivity index (χ1n) is 10.6. The standard InChI is InChI=1S/C22H34N3.C2H6/c1-23-17-11-10-16-21(24-2)18-25(3)22(19-12-6-4-7-13-19)20-14-8-5-9-15-20;1-2/h4,6-8,12-15,18,21-24H,5,9-11,16-17H2,1-3H3;1-2H3/q+1;. The Morgan fingerprint density at radius 2 is 1.81 bits per heavy atom. The minimum atomic E-state index is 0.283. The summed E-state index contributed by atoms with van der Waals surface area (Å²) in [5.74, 6) is 0. The van der Waals surface area contributed by atoms with Gasteiger partial charge in [0.05, 0.1) is 6.04 Å². The molecule has 3 nitrogen and oxygen atoms in total. The van der Waals surface area contributed by atoms with Crippen LogP contribution in [-0.2, 0) is 0 Å². The number of nitrogens with zero attached hydrogens (tertiary/aromatic N) is 1. The molecule has 0 amide bonds. The zero-order valence-electron chi connectivity index (χ0n) is 18.0. The van der Waals surface area contributed by atoms with Crippen molar-refractivity contribution in [2.45, 2.75) is 58.0 Å². The van der Waals surface area contributed by atoms with Crippen LogP contribution >= 0.6 is 0 Å². The molecule has 1 aliphatic carbocycles. The highest BCUT2D eigenvalue weighted by atomic mass is 15.0. The summed E-state index contributed by atoms with van der Waals surface area (Å²) >= 11 is 0. The number of allylic oxidation sites excluding steroid dienone is 2. The summed E-state index contributed by atoms with van der Waals surface area (Å²) in [5.41, 5.74) is 2.75. The van der Waals surface area contributed by atoms with Gasteiger partial charge < -0.3 is 10.6 Å². The number of hydrogen-bond acceptors (Lipinski definition) is 2. The van der Waals surface area contributed by atoms with Crippen LogP contribution in [0.25, 0.3) is 0 Å². The highest BCUT2D eigenvalue weighted by Crippen LogP contribution is 2.28. The molecule has 1 aromatic rings. The zero-order valence-corrected chi connectivity index (χ0v) is 18.0. The van der Waals surface area contributed by atoms with Crippen molar-refractivity contribution >= 4 is 6.21 Å². The third-order valence-corrected chi connectivity index (χ3v) is 4.84. The van der Waals surface area contributed by atoms with Crippen LogP contribution in [0.3, 0.4) is 0 Å². The molecule has 150 valence electrons. The maximum absolute atomic E-state index is 3.46. The Morgan fingerprint density at radius 3 is 2.41 bits per heavy atom. The van der Waals surface area contributed by atoms with Gasteiger partial charge in [-0.3, -0.25) is 0 Å². The second-order valence-corrected chi connectivity index (χ2v) is 6.81. The molecule has 0 radical (unpaired) electrons. The number of rotatable bonds is 10. The molecule has 2 atom stereocenters. The van der Waals surface area contributed by atoms with Gasteiger partial charge in [0.2, 0.25) is 6.04 Å². The van der Waals surface area contributed by atoms with Crippen LogP contribution in [-0.4, -0.2) is 44.5 Å². The third kappa shape index (κ3) is 8.23. The first-order chi connectivity index (χ1) is 13.3. The van der Waals surface area contributed by atoms with Crippen LogP contribution in [0.5, 0.6) is 0 Å². The van der Waals surface area contributed by atoms with Crippen LogP contribution in [0.4, 0.5) is 0 Å². The fraction of sp³-hybridized carbons (Fsp3) is 0.542. The first-order valence-corrected chi connectivity index (χ1v) is 10.6. The van der Waals surface area contributed by atoms with E-state index in [9.17, 15) is 0 Å². The molecule has 0 spiro atoms. The lowest BCUT2D eigenvalue weighted by atomic mass is 9.94. The van der Waals surface area contributed by atoms with Gasteiger partial charge >= 0.3 is 0 Å². The molecule has 0 fully saturated rings. The maximum atomic E-state index is 3.46. The molecular formula is C24H40N3+. The Kier molecular flexibility index (Phi) is 12.4. The molecule has 2 rings (SSSR count). The lowest BCUT2D eigenvalue weighted by Crippen LogP contribution is -2.32. The molecular weight excluding hydrogens is 330 g/mol. The highest BCUT2D eigenvalue weighted by Gasteiger charge is 2.25. The summed E-state index contributed by atoms with van der Waals surface area (Å²) in [6.45, 7) is 5.09. The Labute approximate surface area is 167 Å². The number of benzene rings is 1.